The first kappa shape index (κ1) is 18.5. The van der Waals surface area contributed by atoms with E-state index in [1.165, 1.54) is 4.90 Å². The van der Waals surface area contributed by atoms with E-state index in [0.717, 1.165) is 10.2 Å². The number of hydrogen-bond donors (Lipinski definition) is 1. The predicted molar refractivity (Wildman–Crippen MR) is 106 cm³/mol. The van der Waals surface area contributed by atoms with Crippen LogP contribution in [0.5, 0.6) is 5.75 Å². The third-order valence-electron chi connectivity index (χ3n) is 3.88. The summed E-state index contributed by atoms with van der Waals surface area (Å²) < 4.78 is 6.27. The molecule has 0 atom stereocenters. The van der Waals surface area contributed by atoms with Gasteiger partial charge in [-0.1, -0.05) is 27.5 Å². The van der Waals surface area contributed by atoms with E-state index in [1.54, 1.807) is 30.3 Å². The molecular formula is C18H17BrClN3O3. The van der Waals surface area contributed by atoms with Crippen molar-refractivity contribution in [3.63, 3.8) is 0 Å². The minimum absolute atomic E-state index is 0.100. The maximum atomic E-state index is 12.6. The van der Waals surface area contributed by atoms with Crippen LogP contribution in [0, 0.1) is 0 Å². The van der Waals surface area contributed by atoms with Gasteiger partial charge >= 0.3 is 0 Å². The van der Waals surface area contributed by atoms with E-state index in [9.17, 15) is 9.59 Å². The molecular weight excluding hydrogens is 422 g/mol. The zero-order valence-corrected chi connectivity index (χ0v) is 16.6. The summed E-state index contributed by atoms with van der Waals surface area (Å²) >= 11 is 9.42. The number of carbonyl (C=O) groups is 2. The van der Waals surface area contributed by atoms with Gasteiger partial charge in [0.15, 0.2) is 6.61 Å². The highest BCUT2D eigenvalue weighted by atomic mass is 79.9. The Hall–Kier alpha value is -2.25. The van der Waals surface area contributed by atoms with E-state index in [0.29, 0.717) is 22.1 Å². The molecule has 2 aromatic carbocycles. The molecule has 2 aromatic rings. The summed E-state index contributed by atoms with van der Waals surface area (Å²) in [5, 5.41) is 3.35. The van der Waals surface area contributed by atoms with Gasteiger partial charge in [-0.2, -0.15) is 0 Å². The molecule has 0 radical (unpaired) electrons. The fourth-order valence-corrected chi connectivity index (χ4v) is 3.20. The quantitative estimate of drug-likeness (QED) is 0.793. The molecule has 0 saturated heterocycles. The Balaban J connectivity index is 1.81. The fraction of sp³-hybridized carbons (Fsp3) is 0.222. The maximum Gasteiger partial charge on any atom is 0.265 e. The Morgan fingerprint density at radius 2 is 2.08 bits per heavy atom. The van der Waals surface area contributed by atoms with E-state index >= 15 is 0 Å². The van der Waals surface area contributed by atoms with Gasteiger partial charge in [-0.25, -0.2) is 0 Å². The van der Waals surface area contributed by atoms with Gasteiger partial charge in [-0.3, -0.25) is 14.5 Å². The Morgan fingerprint density at radius 3 is 2.81 bits per heavy atom. The second-order valence-corrected chi connectivity index (χ2v) is 7.34. The van der Waals surface area contributed by atoms with Gasteiger partial charge in [0.2, 0.25) is 5.91 Å². The third-order valence-corrected chi connectivity index (χ3v) is 4.61. The minimum atomic E-state index is -0.320. The molecule has 0 unspecified atom stereocenters. The van der Waals surface area contributed by atoms with E-state index in [1.807, 2.05) is 25.1 Å². The van der Waals surface area contributed by atoms with Crippen molar-refractivity contribution < 1.29 is 14.3 Å². The predicted octanol–water partition coefficient (Wildman–Crippen LogP) is 3.53. The lowest BCUT2D eigenvalue weighted by Crippen LogP contribution is -2.43. The van der Waals surface area contributed by atoms with E-state index in [2.05, 4.69) is 21.2 Å². The second kappa shape index (κ2) is 7.55. The molecule has 0 saturated carbocycles. The van der Waals surface area contributed by atoms with Crippen LogP contribution >= 0.6 is 27.5 Å². The van der Waals surface area contributed by atoms with Gasteiger partial charge in [0.1, 0.15) is 12.3 Å². The van der Waals surface area contributed by atoms with Crippen molar-refractivity contribution in [3.05, 3.63) is 45.9 Å². The van der Waals surface area contributed by atoms with Crippen LogP contribution in [0.2, 0.25) is 5.02 Å². The van der Waals surface area contributed by atoms with Gasteiger partial charge in [0.05, 0.1) is 17.1 Å². The summed E-state index contributed by atoms with van der Waals surface area (Å²) in [4.78, 5) is 28.1. The monoisotopic (exact) mass is 437 g/mol. The molecule has 1 heterocycles. The number of rotatable bonds is 4. The number of nitrogens with zero attached hydrogens (tertiary/aromatic N) is 2. The topological polar surface area (TPSA) is 61.9 Å². The highest BCUT2D eigenvalue weighted by Gasteiger charge is 2.27. The molecule has 136 valence electrons. The van der Waals surface area contributed by atoms with Gasteiger partial charge in [0.25, 0.3) is 5.91 Å². The van der Waals surface area contributed by atoms with Crippen LogP contribution in [-0.4, -0.2) is 39.1 Å². The highest BCUT2D eigenvalue weighted by Crippen LogP contribution is 2.34. The molecule has 0 aliphatic carbocycles. The van der Waals surface area contributed by atoms with Crippen molar-refractivity contribution in [1.82, 2.24) is 0 Å². The third kappa shape index (κ3) is 3.94. The number of halogens is 2. The first-order chi connectivity index (χ1) is 12.3. The zero-order chi connectivity index (χ0) is 18.8. The van der Waals surface area contributed by atoms with Crippen molar-refractivity contribution >= 4 is 56.4 Å². The summed E-state index contributed by atoms with van der Waals surface area (Å²) in [5.74, 6) is -0.0307. The van der Waals surface area contributed by atoms with Crippen LogP contribution in [0.25, 0.3) is 0 Å². The summed E-state index contributed by atoms with van der Waals surface area (Å²) in [5.41, 5.74) is 1.98. The van der Waals surface area contributed by atoms with E-state index in [-0.39, 0.29) is 25.0 Å². The number of nitrogens with one attached hydrogen (secondary N) is 1. The Kier molecular flexibility index (Phi) is 5.38. The molecule has 8 heteroatoms. The molecule has 0 fully saturated rings. The van der Waals surface area contributed by atoms with E-state index < -0.39 is 0 Å². The van der Waals surface area contributed by atoms with Crippen LogP contribution in [-0.2, 0) is 9.59 Å². The number of carbonyl (C=O) groups excluding carboxylic acids is 2. The van der Waals surface area contributed by atoms with Crippen LogP contribution < -0.4 is 19.9 Å². The molecule has 2 amide bonds. The van der Waals surface area contributed by atoms with Crippen molar-refractivity contribution in [3.8, 4) is 5.75 Å². The molecule has 26 heavy (non-hydrogen) atoms. The highest BCUT2D eigenvalue weighted by molar-refractivity contribution is 9.10. The first-order valence-electron chi connectivity index (χ1n) is 7.84. The molecule has 1 aliphatic rings. The SMILES string of the molecule is CN(C)c1ccc(Cl)cc1NC(=O)CN1C(=O)COc2cc(Br)ccc21. The lowest BCUT2D eigenvalue weighted by Gasteiger charge is -2.29. The zero-order valence-electron chi connectivity index (χ0n) is 14.3. The standard InChI is InChI=1S/C18H17BrClN3O3/c1-22(2)14-6-4-12(20)8-13(14)21-17(24)9-23-15-5-3-11(19)7-16(15)26-10-18(23)25/h3-8H,9-10H2,1-2H3,(H,21,24). The normalized spacial score (nSPS) is 13.1. The summed E-state index contributed by atoms with van der Waals surface area (Å²) in [6.45, 7) is -0.215. The first-order valence-corrected chi connectivity index (χ1v) is 9.01. The average Bonchev–Trinajstić information content (AvgIpc) is 2.57. The lowest BCUT2D eigenvalue weighted by atomic mass is 10.2. The van der Waals surface area contributed by atoms with Gasteiger partial charge in [0, 0.05) is 23.6 Å². The minimum Gasteiger partial charge on any atom is -0.482 e. The Bertz CT molecular complexity index is 873. The molecule has 0 spiro atoms. The van der Waals surface area contributed by atoms with Crippen molar-refractivity contribution in [2.75, 3.05) is 42.4 Å². The number of benzene rings is 2. The maximum absolute atomic E-state index is 12.6. The smallest absolute Gasteiger partial charge is 0.265 e. The van der Waals surface area contributed by atoms with Gasteiger partial charge in [-0.05, 0) is 36.4 Å². The fourth-order valence-electron chi connectivity index (χ4n) is 2.68. The molecule has 0 bridgehead atoms. The van der Waals surface area contributed by atoms with Crippen molar-refractivity contribution in [2.45, 2.75) is 0 Å². The summed E-state index contributed by atoms with van der Waals surface area (Å²) in [6.07, 6.45) is 0. The van der Waals surface area contributed by atoms with Crippen LogP contribution in [0.4, 0.5) is 17.1 Å². The lowest BCUT2D eigenvalue weighted by molar-refractivity contribution is -0.123. The van der Waals surface area contributed by atoms with Crippen LogP contribution in [0.15, 0.2) is 40.9 Å². The summed E-state index contributed by atoms with van der Waals surface area (Å²) in [6, 6.07) is 10.6. The summed E-state index contributed by atoms with van der Waals surface area (Å²) in [7, 11) is 3.75. The van der Waals surface area contributed by atoms with Crippen molar-refractivity contribution in [1.29, 1.82) is 0 Å². The number of fused-ring (bicyclic) bond motifs is 1. The Labute approximate surface area is 164 Å². The van der Waals surface area contributed by atoms with Crippen molar-refractivity contribution in [2.24, 2.45) is 0 Å². The van der Waals surface area contributed by atoms with Gasteiger partial charge < -0.3 is 15.0 Å². The van der Waals surface area contributed by atoms with Crippen LogP contribution in [0.1, 0.15) is 0 Å². The molecule has 1 aliphatic heterocycles. The molecule has 6 nitrogen and oxygen atoms in total. The second-order valence-electron chi connectivity index (χ2n) is 5.98. The van der Waals surface area contributed by atoms with Gasteiger partial charge in [-0.15, -0.1) is 0 Å². The van der Waals surface area contributed by atoms with E-state index in [4.69, 9.17) is 16.3 Å². The molecule has 1 N–H and O–H groups in total. The number of anilines is 3. The number of hydrogen-bond acceptors (Lipinski definition) is 4. The number of ether oxygens (including phenoxy) is 1. The largest absolute Gasteiger partial charge is 0.482 e. The molecule has 3 rings (SSSR count). The number of amides is 2. The molecule has 0 aromatic heterocycles. The Morgan fingerprint density at radius 1 is 1.31 bits per heavy atom. The average molecular weight is 439 g/mol. The van der Waals surface area contributed by atoms with Crippen LogP contribution in [0.3, 0.4) is 0 Å².